The lowest BCUT2D eigenvalue weighted by atomic mass is 10.2. The Morgan fingerprint density at radius 3 is 2.34 bits per heavy atom. The van der Waals surface area contributed by atoms with Gasteiger partial charge in [-0.25, -0.2) is 5.43 Å². The van der Waals surface area contributed by atoms with Crippen LogP contribution in [0.3, 0.4) is 0 Å². The highest BCUT2D eigenvalue weighted by molar-refractivity contribution is 7.98. The quantitative estimate of drug-likeness (QED) is 0.372. The van der Waals surface area contributed by atoms with Crippen molar-refractivity contribution in [3.63, 3.8) is 0 Å². The molecule has 2 aromatic carbocycles. The summed E-state index contributed by atoms with van der Waals surface area (Å²) in [7, 11) is 0. The standard InChI is InChI=1S/C20H22N4O4S/c1-14(2)22-23-20(26)18(13-29-12-15-6-4-3-5-7-15)21-19(25)16-8-10-17(11-9-16)24(27)28/h3-11,18H,12-13H2,1-2H3,(H,21,25)(H,23,26)/t18-/m0/s1. The fraction of sp³-hybridized carbons (Fsp3) is 0.250. The number of carbonyl (C=O) groups excluding carboxylic acids is 2. The third kappa shape index (κ3) is 7.38. The lowest BCUT2D eigenvalue weighted by Gasteiger charge is -2.17. The van der Waals surface area contributed by atoms with Crippen molar-refractivity contribution < 1.29 is 14.5 Å². The normalized spacial score (nSPS) is 11.2. The molecule has 152 valence electrons. The Hall–Kier alpha value is -3.20. The van der Waals surface area contributed by atoms with Gasteiger partial charge in [0.1, 0.15) is 6.04 Å². The summed E-state index contributed by atoms with van der Waals surface area (Å²) in [6.07, 6.45) is 0. The van der Waals surface area contributed by atoms with E-state index < -0.39 is 22.8 Å². The number of hydrogen-bond acceptors (Lipinski definition) is 6. The van der Waals surface area contributed by atoms with Crippen LogP contribution < -0.4 is 10.7 Å². The van der Waals surface area contributed by atoms with Crippen molar-refractivity contribution in [2.45, 2.75) is 25.6 Å². The highest BCUT2D eigenvalue weighted by Gasteiger charge is 2.22. The van der Waals surface area contributed by atoms with Gasteiger partial charge in [-0.2, -0.15) is 16.9 Å². The smallest absolute Gasteiger partial charge is 0.269 e. The fourth-order valence-electron chi connectivity index (χ4n) is 2.27. The number of benzene rings is 2. The Morgan fingerprint density at radius 1 is 1.10 bits per heavy atom. The van der Waals surface area contributed by atoms with Gasteiger partial charge in [-0.1, -0.05) is 30.3 Å². The summed E-state index contributed by atoms with van der Waals surface area (Å²) < 4.78 is 0. The topological polar surface area (TPSA) is 114 Å². The van der Waals surface area contributed by atoms with Gasteiger partial charge in [-0.3, -0.25) is 19.7 Å². The molecule has 0 heterocycles. The number of nitrogens with zero attached hydrogens (tertiary/aromatic N) is 2. The summed E-state index contributed by atoms with van der Waals surface area (Å²) in [5.74, 6) is 0.117. The van der Waals surface area contributed by atoms with Crippen molar-refractivity contribution in [3.05, 3.63) is 75.8 Å². The van der Waals surface area contributed by atoms with E-state index in [4.69, 9.17) is 0 Å². The molecule has 9 heteroatoms. The molecule has 29 heavy (non-hydrogen) atoms. The van der Waals surface area contributed by atoms with Crippen LogP contribution in [0.5, 0.6) is 0 Å². The molecule has 2 rings (SSSR count). The minimum atomic E-state index is -0.811. The van der Waals surface area contributed by atoms with Crippen LogP contribution in [-0.4, -0.2) is 34.2 Å². The number of rotatable bonds is 9. The Balaban J connectivity index is 2.04. The van der Waals surface area contributed by atoms with Crippen LogP contribution in [0.4, 0.5) is 5.69 Å². The van der Waals surface area contributed by atoms with Gasteiger partial charge < -0.3 is 5.32 Å². The molecule has 1 atom stereocenters. The van der Waals surface area contributed by atoms with Gasteiger partial charge in [-0.15, -0.1) is 0 Å². The molecular weight excluding hydrogens is 392 g/mol. The van der Waals surface area contributed by atoms with Crippen molar-refractivity contribution in [3.8, 4) is 0 Å². The number of hydrogen-bond donors (Lipinski definition) is 2. The Bertz CT molecular complexity index is 881. The van der Waals surface area contributed by atoms with Crippen LogP contribution >= 0.6 is 11.8 Å². The van der Waals surface area contributed by atoms with Crippen molar-refractivity contribution >= 4 is 35.0 Å². The molecule has 0 saturated heterocycles. The second-order valence-electron chi connectivity index (χ2n) is 6.37. The molecule has 0 bridgehead atoms. The van der Waals surface area contributed by atoms with E-state index in [0.29, 0.717) is 17.2 Å². The second-order valence-corrected chi connectivity index (χ2v) is 7.40. The zero-order valence-corrected chi connectivity index (χ0v) is 16.9. The van der Waals surface area contributed by atoms with Gasteiger partial charge >= 0.3 is 0 Å². The summed E-state index contributed by atoms with van der Waals surface area (Å²) in [6, 6.07) is 14.2. The molecule has 0 aliphatic rings. The average Bonchev–Trinajstić information content (AvgIpc) is 2.72. The number of amides is 2. The van der Waals surface area contributed by atoms with Crippen LogP contribution in [0, 0.1) is 10.1 Å². The zero-order chi connectivity index (χ0) is 21.2. The highest BCUT2D eigenvalue weighted by Crippen LogP contribution is 2.15. The molecule has 2 amide bonds. The van der Waals surface area contributed by atoms with E-state index in [1.807, 2.05) is 30.3 Å². The molecule has 2 aromatic rings. The monoisotopic (exact) mass is 414 g/mol. The summed E-state index contributed by atoms with van der Waals surface area (Å²) in [5, 5.41) is 17.3. The summed E-state index contributed by atoms with van der Waals surface area (Å²) >= 11 is 1.51. The first kappa shape index (κ1) is 22.1. The van der Waals surface area contributed by atoms with E-state index in [1.54, 1.807) is 13.8 Å². The number of carbonyl (C=O) groups is 2. The Kier molecular flexibility index (Phi) is 8.35. The van der Waals surface area contributed by atoms with Gasteiger partial charge in [0.2, 0.25) is 0 Å². The highest BCUT2D eigenvalue weighted by atomic mass is 32.2. The van der Waals surface area contributed by atoms with Crippen LogP contribution in [0.2, 0.25) is 0 Å². The van der Waals surface area contributed by atoms with E-state index in [0.717, 1.165) is 5.56 Å². The lowest BCUT2D eigenvalue weighted by Crippen LogP contribution is -2.47. The van der Waals surface area contributed by atoms with Gasteiger partial charge in [0.05, 0.1) is 4.92 Å². The first-order chi connectivity index (χ1) is 13.9. The molecular formula is C20H22N4O4S. The molecule has 0 aliphatic heterocycles. The maximum atomic E-state index is 12.5. The SMILES string of the molecule is CC(C)=NNC(=O)[C@H](CSCc1ccccc1)NC(=O)c1ccc([N+](=O)[O-])cc1. The number of nitro groups is 1. The van der Waals surface area contributed by atoms with E-state index in [9.17, 15) is 19.7 Å². The largest absolute Gasteiger partial charge is 0.339 e. The number of hydrazone groups is 1. The zero-order valence-electron chi connectivity index (χ0n) is 16.1. The Morgan fingerprint density at radius 2 is 1.76 bits per heavy atom. The average molecular weight is 414 g/mol. The first-order valence-electron chi connectivity index (χ1n) is 8.84. The van der Waals surface area contributed by atoms with Crippen LogP contribution in [0.25, 0.3) is 0 Å². The first-order valence-corrected chi connectivity index (χ1v) is 10.00. The number of nitrogens with one attached hydrogen (secondary N) is 2. The minimum Gasteiger partial charge on any atom is -0.339 e. The van der Waals surface area contributed by atoms with Gasteiger partial charge in [0.25, 0.3) is 17.5 Å². The molecule has 0 fully saturated rings. The number of non-ortho nitro benzene ring substituents is 1. The maximum absolute atomic E-state index is 12.5. The van der Waals surface area contributed by atoms with E-state index >= 15 is 0 Å². The Labute approximate surface area is 172 Å². The lowest BCUT2D eigenvalue weighted by molar-refractivity contribution is -0.384. The van der Waals surface area contributed by atoms with E-state index in [1.165, 1.54) is 36.0 Å². The molecule has 0 aliphatic carbocycles. The number of nitro benzene ring substituents is 1. The molecule has 0 aromatic heterocycles. The molecule has 0 saturated carbocycles. The third-order valence-electron chi connectivity index (χ3n) is 3.75. The van der Waals surface area contributed by atoms with Crippen LogP contribution in [0.15, 0.2) is 59.7 Å². The van der Waals surface area contributed by atoms with E-state index in [-0.39, 0.29) is 11.3 Å². The predicted octanol–water partition coefficient (Wildman–Crippen LogP) is 3.14. The maximum Gasteiger partial charge on any atom is 0.269 e. The molecule has 0 spiro atoms. The van der Waals surface area contributed by atoms with Crippen molar-refractivity contribution in [1.29, 1.82) is 0 Å². The second kappa shape index (κ2) is 11.0. The van der Waals surface area contributed by atoms with Crippen molar-refractivity contribution in [2.75, 3.05) is 5.75 Å². The summed E-state index contributed by atoms with van der Waals surface area (Å²) in [6.45, 7) is 3.49. The summed E-state index contributed by atoms with van der Waals surface area (Å²) in [4.78, 5) is 35.2. The molecule has 8 nitrogen and oxygen atoms in total. The molecule has 0 unspecified atom stereocenters. The van der Waals surface area contributed by atoms with Gasteiger partial charge in [-0.05, 0) is 31.5 Å². The molecule has 2 N–H and O–H groups in total. The predicted molar refractivity (Wildman–Crippen MR) is 114 cm³/mol. The van der Waals surface area contributed by atoms with Gasteiger partial charge in [0, 0.05) is 34.9 Å². The van der Waals surface area contributed by atoms with Crippen molar-refractivity contribution in [1.82, 2.24) is 10.7 Å². The molecule has 0 radical (unpaired) electrons. The fourth-order valence-corrected chi connectivity index (χ4v) is 3.29. The van der Waals surface area contributed by atoms with Gasteiger partial charge in [0.15, 0.2) is 0 Å². The minimum absolute atomic E-state index is 0.109. The van der Waals surface area contributed by atoms with Crippen LogP contribution in [0.1, 0.15) is 29.8 Å². The van der Waals surface area contributed by atoms with Crippen molar-refractivity contribution in [2.24, 2.45) is 5.10 Å². The van der Waals surface area contributed by atoms with Crippen LogP contribution in [-0.2, 0) is 10.5 Å². The van der Waals surface area contributed by atoms with E-state index in [2.05, 4.69) is 15.8 Å². The number of thioether (sulfide) groups is 1. The summed E-state index contributed by atoms with van der Waals surface area (Å²) in [5.41, 5.74) is 4.36. The third-order valence-corrected chi connectivity index (χ3v) is 4.85.